The van der Waals surface area contributed by atoms with Gasteiger partial charge in [0.2, 0.25) is 0 Å². The summed E-state index contributed by atoms with van der Waals surface area (Å²) < 4.78 is 0. The van der Waals surface area contributed by atoms with Crippen LogP contribution in [0.15, 0.2) is 17.5 Å². The Morgan fingerprint density at radius 3 is 3.06 bits per heavy atom. The number of anilines is 1. The molecule has 0 bridgehead atoms. The molecule has 0 aromatic carbocycles. The minimum atomic E-state index is -0.248. The van der Waals surface area contributed by atoms with Crippen molar-refractivity contribution in [3.63, 3.8) is 0 Å². The molecule has 1 aromatic rings. The molecule has 1 aromatic heterocycles. The Hall–Kier alpha value is -1.07. The second-order valence-corrected chi connectivity index (χ2v) is 5.00. The van der Waals surface area contributed by atoms with E-state index in [1.807, 2.05) is 17.5 Å². The van der Waals surface area contributed by atoms with E-state index in [1.165, 1.54) is 11.3 Å². The summed E-state index contributed by atoms with van der Waals surface area (Å²) in [5.74, 6) is 0.474. The number of hydrogen-bond donors (Lipinski definition) is 3. The zero-order chi connectivity index (χ0) is 11.4. The maximum Gasteiger partial charge on any atom is 0.319 e. The van der Waals surface area contributed by atoms with Gasteiger partial charge in [0.15, 0.2) is 0 Å². The van der Waals surface area contributed by atoms with Crippen LogP contribution in [-0.4, -0.2) is 23.8 Å². The summed E-state index contributed by atoms with van der Waals surface area (Å²) in [5.41, 5.74) is 0. The molecule has 1 saturated carbocycles. The van der Waals surface area contributed by atoms with Gasteiger partial charge in [0, 0.05) is 6.54 Å². The predicted molar refractivity (Wildman–Crippen MR) is 64.7 cm³/mol. The molecule has 1 heterocycles. The Morgan fingerprint density at radius 1 is 1.62 bits per heavy atom. The fraction of sp³-hybridized carbons (Fsp3) is 0.545. The highest BCUT2D eigenvalue weighted by Gasteiger charge is 2.29. The van der Waals surface area contributed by atoms with Crippen molar-refractivity contribution in [2.45, 2.75) is 25.4 Å². The number of carbonyl (C=O) groups is 1. The van der Waals surface area contributed by atoms with Crippen LogP contribution in [0.4, 0.5) is 9.80 Å². The van der Waals surface area contributed by atoms with Crippen LogP contribution in [0.1, 0.15) is 19.3 Å². The van der Waals surface area contributed by atoms with Crippen LogP contribution in [0.2, 0.25) is 0 Å². The molecule has 1 aliphatic rings. The van der Waals surface area contributed by atoms with Gasteiger partial charge in [-0.3, -0.25) is 5.32 Å². The van der Waals surface area contributed by atoms with Crippen LogP contribution in [0.3, 0.4) is 0 Å². The SMILES string of the molecule is O=C(NCC[C@H](O)C1CC1)Nc1cccs1. The largest absolute Gasteiger partial charge is 0.393 e. The molecule has 3 N–H and O–H groups in total. The molecule has 1 aliphatic carbocycles. The van der Waals surface area contributed by atoms with Gasteiger partial charge in [-0.1, -0.05) is 0 Å². The van der Waals surface area contributed by atoms with Crippen molar-refractivity contribution >= 4 is 22.4 Å². The van der Waals surface area contributed by atoms with E-state index in [2.05, 4.69) is 10.6 Å². The van der Waals surface area contributed by atoms with Gasteiger partial charge in [-0.2, -0.15) is 0 Å². The van der Waals surface area contributed by atoms with Gasteiger partial charge in [-0.15, -0.1) is 11.3 Å². The molecule has 0 spiro atoms. The molecule has 1 fully saturated rings. The first kappa shape index (κ1) is 11.4. The Morgan fingerprint density at radius 2 is 2.44 bits per heavy atom. The molecule has 2 rings (SSSR count). The summed E-state index contributed by atoms with van der Waals surface area (Å²) in [6, 6.07) is 3.53. The number of hydrogen-bond acceptors (Lipinski definition) is 3. The molecule has 5 heteroatoms. The average molecular weight is 240 g/mol. The van der Waals surface area contributed by atoms with E-state index < -0.39 is 0 Å². The molecule has 4 nitrogen and oxygen atoms in total. The van der Waals surface area contributed by atoms with Gasteiger partial charge in [0.25, 0.3) is 0 Å². The quantitative estimate of drug-likeness (QED) is 0.737. The molecule has 88 valence electrons. The molecule has 1 atom stereocenters. The first-order valence-electron chi connectivity index (χ1n) is 5.52. The number of rotatable bonds is 5. The van der Waals surface area contributed by atoms with E-state index in [0.29, 0.717) is 18.9 Å². The third-order valence-electron chi connectivity index (χ3n) is 2.65. The minimum Gasteiger partial charge on any atom is -0.393 e. The molecule has 0 unspecified atom stereocenters. The number of aliphatic hydroxyl groups is 1. The van der Waals surface area contributed by atoms with Crippen molar-refractivity contribution in [2.75, 3.05) is 11.9 Å². The Bertz CT molecular complexity index is 336. The molecular weight excluding hydrogens is 224 g/mol. The van der Waals surface area contributed by atoms with Crippen LogP contribution in [0.5, 0.6) is 0 Å². The van der Waals surface area contributed by atoms with E-state index in [4.69, 9.17) is 0 Å². The van der Waals surface area contributed by atoms with Crippen molar-refractivity contribution in [2.24, 2.45) is 5.92 Å². The van der Waals surface area contributed by atoms with Gasteiger partial charge in [-0.25, -0.2) is 4.79 Å². The third kappa shape index (κ3) is 3.50. The van der Waals surface area contributed by atoms with Crippen LogP contribution in [0, 0.1) is 5.92 Å². The van der Waals surface area contributed by atoms with E-state index in [9.17, 15) is 9.90 Å². The summed E-state index contributed by atoms with van der Waals surface area (Å²) in [6.45, 7) is 0.523. The van der Waals surface area contributed by atoms with Crippen molar-refractivity contribution < 1.29 is 9.90 Å². The molecule has 0 saturated heterocycles. The van der Waals surface area contributed by atoms with Gasteiger partial charge < -0.3 is 10.4 Å². The molecule has 0 radical (unpaired) electrons. The monoisotopic (exact) mass is 240 g/mol. The highest BCUT2D eigenvalue weighted by Crippen LogP contribution is 2.33. The van der Waals surface area contributed by atoms with Crippen LogP contribution >= 0.6 is 11.3 Å². The highest BCUT2D eigenvalue weighted by atomic mass is 32.1. The number of nitrogens with one attached hydrogen (secondary N) is 2. The number of urea groups is 1. The molecule has 0 aliphatic heterocycles. The van der Waals surface area contributed by atoms with Gasteiger partial charge in [0.05, 0.1) is 11.1 Å². The fourth-order valence-corrected chi connectivity index (χ4v) is 2.17. The smallest absolute Gasteiger partial charge is 0.319 e. The maximum atomic E-state index is 11.4. The summed E-state index contributed by atoms with van der Waals surface area (Å²) in [4.78, 5) is 11.4. The van der Waals surface area contributed by atoms with E-state index in [-0.39, 0.29) is 12.1 Å². The van der Waals surface area contributed by atoms with Crippen molar-refractivity contribution in [1.29, 1.82) is 0 Å². The zero-order valence-corrected chi connectivity index (χ0v) is 9.80. The van der Waals surface area contributed by atoms with E-state index in [1.54, 1.807) is 0 Å². The molecule has 16 heavy (non-hydrogen) atoms. The van der Waals surface area contributed by atoms with Gasteiger partial charge in [0.1, 0.15) is 0 Å². The van der Waals surface area contributed by atoms with Crippen LogP contribution in [0.25, 0.3) is 0 Å². The van der Waals surface area contributed by atoms with Gasteiger partial charge in [-0.05, 0) is 42.7 Å². The number of amides is 2. The third-order valence-corrected chi connectivity index (χ3v) is 3.44. The first-order chi connectivity index (χ1) is 7.75. The zero-order valence-electron chi connectivity index (χ0n) is 8.98. The fourth-order valence-electron chi connectivity index (χ4n) is 1.56. The number of aliphatic hydroxyl groups excluding tert-OH is 1. The number of thiophene rings is 1. The Balaban J connectivity index is 1.60. The topological polar surface area (TPSA) is 61.4 Å². The van der Waals surface area contributed by atoms with Crippen LogP contribution in [-0.2, 0) is 0 Å². The van der Waals surface area contributed by atoms with Crippen molar-refractivity contribution in [3.05, 3.63) is 17.5 Å². The lowest BCUT2D eigenvalue weighted by molar-refractivity contribution is 0.142. The maximum absolute atomic E-state index is 11.4. The van der Waals surface area contributed by atoms with Crippen molar-refractivity contribution in [1.82, 2.24) is 5.32 Å². The lowest BCUT2D eigenvalue weighted by Gasteiger charge is -2.10. The average Bonchev–Trinajstić information content (AvgIpc) is 2.99. The molecular formula is C11H16N2O2S. The standard InChI is InChI=1S/C11H16N2O2S/c14-9(8-3-4-8)5-6-12-11(15)13-10-2-1-7-16-10/h1-2,7-9,14H,3-6H2,(H2,12,13,15)/t9-/m0/s1. The second-order valence-electron chi connectivity index (χ2n) is 4.05. The molecule has 2 amide bonds. The van der Waals surface area contributed by atoms with E-state index in [0.717, 1.165) is 17.8 Å². The predicted octanol–water partition coefficient (Wildman–Crippen LogP) is 2.03. The summed E-state index contributed by atoms with van der Waals surface area (Å²) in [5, 5.41) is 17.8. The van der Waals surface area contributed by atoms with E-state index >= 15 is 0 Å². The Labute approximate surface area is 98.7 Å². The normalized spacial score (nSPS) is 16.8. The minimum absolute atomic E-state index is 0.203. The van der Waals surface area contributed by atoms with Crippen LogP contribution < -0.4 is 10.6 Å². The lowest BCUT2D eigenvalue weighted by Crippen LogP contribution is -2.31. The highest BCUT2D eigenvalue weighted by molar-refractivity contribution is 7.14. The summed E-state index contributed by atoms with van der Waals surface area (Å²) in [7, 11) is 0. The first-order valence-corrected chi connectivity index (χ1v) is 6.40. The van der Waals surface area contributed by atoms with Crippen molar-refractivity contribution in [3.8, 4) is 0 Å². The summed E-state index contributed by atoms with van der Waals surface area (Å²) >= 11 is 1.48. The summed E-state index contributed by atoms with van der Waals surface area (Å²) in [6.07, 6.45) is 2.65. The lowest BCUT2D eigenvalue weighted by atomic mass is 10.2. The number of carbonyl (C=O) groups excluding carboxylic acids is 1. The second kappa shape index (κ2) is 5.32. The Kier molecular flexibility index (Phi) is 3.79. The van der Waals surface area contributed by atoms with Gasteiger partial charge >= 0.3 is 6.03 Å².